The molecule has 1 fully saturated rings. The minimum Gasteiger partial charge on any atom is -0.355 e. The fraction of sp³-hybridized carbons (Fsp3) is 0.500. The topological polar surface area (TPSA) is 40.0 Å². The molecule has 15 heavy (non-hydrogen) atoms. The monoisotopic (exact) mass is 203 g/mol. The predicted octanol–water partition coefficient (Wildman–Crippen LogP) is 2.20. The number of hydrogen-bond donors (Lipinski definition) is 1. The number of aromatic nitrogens is 1. The maximum Gasteiger partial charge on any atom is 0.147 e. The Hall–Kier alpha value is -1.38. The van der Waals surface area contributed by atoms with Gasteiger partial charge in [-0.3, -0.25) is 10.4 Å². The van der Waals surface area contributed by atoms with Crippen molar-refractivity contribution in [2.45, 2.75) is 26.2 Å². The summed E-state index contributed by atoms with van der Waals surface area (Å²) in [5.41, 5.74) is 1.92. The van der Waals surface area contributed by atoms with Gasteiger partial charge in [0, 0.05) is 19.3 Å². The van der Waals surface area contributed by atoms with Crippen LogP contribution >= 0.6 is 0 Å². The van der Waals surface area contributed by atoms with E-state index in [1.807, 2.05) is 19.1 Å². The Morgan fingerprint density at radius 2 is 2.07 bits per heavy atom. The van der Waals surface area contributed by atoms with Crippen LogP contribution in [0.3, 0.4) is 0 Å². The molecular weight excluding hydrogens is 186 g/mol. The van der Waals surface area contributed by atoms with Crippen LogP contribution in [0, 0.1) is 12.3 Å². The van der Waals surface area contributed by atoms with Crippen LogP contribution in [-0.4, -0.2) is 28.8 Å². The van der Waals surface area contributed by atoms with Crippen molar-refractivity contribution in [1.82, 2.24) is 9.88 Å². The number of piperidine rings is 1. The largest absolute Gasteiger partial charge is 0.355 e. The second-order valence-corrected chi connectivity index (χ2v) is 4.07. The Morgan fingerprint density at radius 3 is 2.73 bits per heavy atom. The molecule has 3 heteroatoms. The molecule has 0 saturated carbocycles. The van der Waals surface area contributed by atoms with Crippen LogP contribution in [0.4, 0.5) is 0 Å². The maximum atomic E-state index is 8.13. The van der Waals surface area contributed by atoms with Crippen LogP contribution in [0.5, 0.6) is 0 Å². The summed E-state index contributed by atoms with van der Waals surface area (Å²) in [6.07, 6.45) is 5.47. The van der Waals surface area contributed by atoms with Gasteiger partial charge in [0.25, 0.3) is 0 Å². The van der Waals surface area contributed by atoms with E-state index in [0.717, 1.165) is 24.3 Å². The number of hydrogen-bond acceptors (Lipinski definition) is 2. The number of rotatable bonds is 1. The van der Waals surface area contributed by atoms with E-state index in [1.54, 1.807) is 6.20 Å². The molecule has 1 aliphatic rings. The van der Waals surface area contributed by atoms with E-state index < -0.39 is 0 Å². The summed E-state index contributed by atoms with van der Waals surface area (Å²) in [4.78, 5) is 6.42. The molecule has 0 atom stereocenters. The predicted molar refractivity (Wildman–Crippen MR) is 61.2 cm³/mol. The summed E-state index contributed by atoms with van der Waals surface area (Å²) in [5, 5.41) is 8.13. The molecule has 0 radical (unpaired) electrons. The average Bonchev–Trinajstić information content (AvgIpc) is 2.30. The first-order valence-electron chi connectivity index (χ1n) is 5.54. The molecule has 2 rings (SSSR count). The van der Waals surface area contributed by atoms with Crippen LogP contribution in [0.25, 0.3) is 0 Å². The Kier molecular flexibility index (Phi) is 2.99. The first kappa shape index (κ1) is 10.1. The molecule has 0 bridgehead atoms. The molecule has 1 saturated heterocycles. The van der Waals surface area contributed by atoms with Crippen molar-refractivity contribution in [1.29, 1.82) is 5.41 Å². The smallest absolute Gasteiger partial charge is 0.147 e. The van der Waals surface area contributed by atoms with Crippen LogP contribution in [0.15, 0.2) is 18.3 Å². The third-order valence-electron chi connectivity index (χ3n) is 2.91. The molecule has 0 unspecified atom stereocenters. The van der Waals surface area contributed by atoms with Gasteiger partial charge in [-0.1, -0.05) is 6.07 Å². The van der Waals surface area contributed by atoms with E-state index in [-0.39, 0.29) is 0 Å². The first-order valence-corrected chi connectivity index (χ1v) is 5.54. The second-order valence-electron chi connectivity index (χ2n) is 4.07. The molecule has 3 nitrogen and oxygen atoms in total. The zero-order valence-corrected chi connectivity index (χ0v) is 9.16. The summed E-state index contributed by atoms with van der Waals surface area (Å²) in [7, 11) is 0. The number of aryl methyl sites for hydroxylation is 1. The third-order valence-corrected chi connectivity index (χ3v) is 2.91. The summed E-state index contributed by atoms with van der Waals surface area (Å²) in [6.45, 7) is 4.03. The van der Waals surface area contributed by atoms with Gasteiger partial charge in [-0.05, 0) is 37.8 Å². The Balaban J connectivity index is 2.16. The lowest BCUT2D eigenvalue weighted by atomic mass is 10.1. The third kappa shape index (κ3) is 2.17. The van der Waals surface area contributed by atoms with Gasteiger partial charge in [-0.2, -0.15) is 0 Å². The number of amidine groups is 1. The van der Waals surface area contributed by atoms with Gasteiger partial charge in [0.05, 0.1) is 0 Å². The lowest BCUT2D eigenvalue weighted by Gasteiger charge is -2.29. The average molecular weight is 203 g/mol. The molecule has 0 aromatic carbocycles. The van der Waals surface area contributed by atoms with Crippen LogP contribution < -0.4 is 0 Å². The first-order chi connectivity index (χ1) is 7.29. The van der Waals surface area contributed by atoms with Crippen molar-refractivity contribution in [2.75, 3.05) is 13.1 Å². The van der Waals surface area contributed by atoms with E-state index in [2.05, 4.69) is 9.88 Å². The van der Waals surface area contributed by atoms with Crippen LogP contribution in [0.2, 0.25) is 0 Å². The minimum absolute atomic E-state index is 0.591. The van der Waals surface area contributed by atoms with Gasteiger partial charge in [-0.15, -0.1) is 0 Å². The minimum atomic E-state index is 0.591. The van der Waals surface area contributed by atoms with Crippen molar-refractivity contribution < 1.29 is 0 Å². The highest BCUT2D eigenvalue weighted by atomic mass is 15.2. The number of nitrogens with one attached hydrogen (secondary N) is 1. The van der Waals surface area contributed by atoms with Crippen molar-refractivity contribution in [2.24, 2.45) is 0 Å². The summed E-state index contributed by atoms with van der Waals surface area (Å²) in [6, 6.07) is 3.93. The van der Waals surface area contributed by atoms with Gasteiger partial charge in [-0.25, -0.2) is 0 Å². The Morgan fingerprint density at radius 1 is 1.33 bits per heavy atom. The molecule has 80 valence electrons. The maximum absolute atomic E-state index is 8.13. The number of likely N-dealkylation sites (tertiary alicyclic amines) is 1. The van der Waals surface area contributed by atoms with Crippen molar-refractivity contribution in [3.05, 3.63) is 29.6 Å². The van der Waals surface area contributed by atoms with E-state index in [0.29, 0.717) is 5.84 Å². The highest BCUT2D eigenvalue weighted by Crippen LogP contribution is 2.13. The highest BCUT2D eigenvalue weighted by Gasteiger charge is 2.16. The molecule has 1 aromatic rings. The molecular formula is C12H17N3. The highest BCUT2D eigenvalue weighted by molar-refractivity contribution is 5.95. The van der Waals surface area contributed by atoms with E-state index in [1.165, 1.54) is 19.3 Å². The van der Waals surface area contributed by atoms with Gasteiger partial charge in [0.15, 0.2) is 0 Å². The second kappa shape index (κ2) is 4.43. The molecule has 1 aromatic heterocycles. The van der Waals surface area contributed by atoms with Gasteiger partial charge in [0.1, 0.15) is 11.5 Å². The van der Waals surface area contributed by atoms with Gasteiger partial charge < -0.3 is 4.90 Å². The summed E-state index contributed by atoms with van der Waals surface area (Å²) >= 11 is 0. The van der Waals surface area contributed by atoms with Crippen molar-refractivity contribution in [3.63, 3.8) is 0 Å². The quantitative estimate of drug-likeness (QED) is 0.561. The zero-order valence-electron chi connectivity index (χ0n) is 9.16. The van der Waals surface area contributed by atoms with Crippen LogP contribution in [-0.2, 0) is 0 Å². The van der Waals surface area contributed by atoms with Gasteiger partial charge >= 0.3 is 0 Å². The number of pyridine rings is 1. The standard InChI is InChI=1S/C12H17N3/c1-10-6-5-7-14-11(10)12(13)15-8-3-2-4-9-15/h5-7,13H,2-4,8-9H2,1H3. The molecule has 1 aliphatic heterocycles. The Bertz CT molecular complexity index is 354. The summed E-state index contributed by atoms with van der Waals surface area (Å²) in [5.74, 6) is 0.591. The van der Waals surface area contributed by atoms with Crippen molar-refractivity contribution >= 4 is 5.84 Å². The van der Waals surface area contributed by atoms with E-state index >= 15 is 0 Å². The molecule has 0 amide bonds. The lowest BCUT2D eigenvalue weighted by molar-refractivity contribution is 0.340. The zero-order chi connectivity index (χ0) is 10.7. The van der Waals surface area contributed by atoms with Crippen LogP contribution in [0.1, 0.15) is 30.5 Å². The summed E-state index contributed by atoms with van der Waals surface area (Å²) < 4.78 is 0. The lowest BCUT2D eigenvalue weighted by Crippen LogP contribution is -2.36. The van der Waals surface area contributed by atoms with Gasteiger partial charge in [0.2, 0.25) is 0 Å². The molecule has 2 heterocycles. The Labute approximate surface area is 90.6 Å². The molecule has 0 spiro atoms. The fourth-order valence-electron chi connectivity index (χ4n) is 2.00. The fourth-order valence-corrected chi connectivity index (χ4v) is 2.00. The molecule has 1 N–H and O–H groups in total. The van der Waals surface area contributed by atoms with E-state index in [4.69, 9.17) is 5.41 Å². The van der Waals surface area contributed by atoms with Crippen molar-refractivity contribution in [3.8, 4) is 0 Å². The normalized spacial score (nSPS) is 16.5. The van der Waals surface area contributed by atoms with E-state index in [9.17, 15) is 0 Å². The number of nitrogens with zero attached hydrogens (tertiary/aromatic N) is 2. The molecule has 0 aliphatic carbocycles. The SMILES string of the molecule is Cc1cccnc1C(=N)N1CCCCC1.